The SMILES string of the molecule is CC(C)(C)NCc1ccc(Cl)cc1Oc1cccc(Br)c1. The van der Waals surface area contributed by atoms with Crippen molar-refractivity contribution in [2.75, 3.05) is 0 Å². The van der Waals surface area contributed by atoms with E-state index >= 15 is 0 Å². The van der Waals surface area contributed by atoms with Crippen LogP contribution >= 0.6 is 27.5 Å². The fourth-order valence-corrected chi connectivity index (χ4v) is 2.33. The first kappa shape index (κ1) is 16.3. The van der Waals surface area contributed by atoms with Gasteiger partial charge >= 0.3 is 0 Å². The minimum absolute atomic E-state index is 0.0483. The molecular weight excluding hydrogens is 350 g/mol. The normalized spacial score (nSPS) is 11.5. The zero-order valence-corrected chi connectivity index (χ0v) is 14.8. The second-order valence-electron chi connectivity index (χ2n) is 5.92. The molecule has 2 aromatic carbocycles. The number of hydrogen-bond acceptors (Lipinski definition) is 2. The van der Waals surface area contributed by atoms with Crippen LogP contribution in [0.1, 0.15) is 26.3 Å². The third-order valence-corrected chi connectivity index (χ3v) is 3.59. The molecule has 2 aromatic rings. The number of rotatable bonds is 4. The molecule has 0 unspecified atom stereocenters. The summed E-state index contributed by atoms with van der Waals surface area (Å²) in [6.45, 7) is 7.14. The molecule has 2 rings (SSSR count). The molecule has 0 saturated carbocycles. The first-order valence-corrected chi connectivity index (χ1v) is 7.97. The Bertz CT molecular complexity index is 622. The Hall–Kier alpha value is -1.03. The van der Waals surface area contributed by atoms with E-state index < -0.39 is 0 Å². The molecule has 0 heterocycles. The standard InChI is InChI=1S/C17H19BrClNO/c1-17(2,3)20-11-12-7-8-14(19)10-16(12)21-15-6-4-5-13(18)9-15/h4-10,20H,11H2,1-3H3. The van der Waals surface area contributed by atoms with Gasteiger partial charge in [-0.15, -0.1) is 0 Å². The van der Waals surface area contributed by atoms with Crippen LogP contribution in [0.2, 0.25) is 5.02 Å². The molecule has 21 heavy (non-hydrogen) atoms. The predicted octanol–water partition coefficient (Wildman–Crippen LogP) is 5.78. The van der Waals surface area contributed by atoms with Crippen LogP contribution in [-0.2, 0) is 6.54 Å². The highest BCUT2D eigenvalue weighted by Crippen LogP contribution is 2.30. The van der Waals surface area contributed by atoms with Crippen molar-refractivity contribution in [1.29, 1.82) is 0 Å². The van der Waals surface area contributed by atoms with Crippen molar-refractivity contribution in [2.24, 2.45) is 0 Å². The molecule has 0 radical (unpaired) electrons. The van der Waals surface area contributed by atoms with Gasteiger partial charge in [0.1, 0.15) is 11.5 Å². The van der Waals surface area contributed by atoms with Gasteiger partial charge < -0.3 is 10.1 Å². The summed E-state index contributed by atoms with van der Waals surface area (Å²) >= 11 is 9.54. The maximum absolute atomic E-state index is 6.09. The Morgan fingerprint density at radius 3 is 2.57 bits per heavy atom. The zero-order chi connectivity index (χ0) is 15.5. The summed E-state index contributed by atoms with van der Waals surface area (Å²) in [5.74, 6) is 1.56. The van der Waals surface area contributed by atoms with E-state index in [2.05, 4.69) is 42.0 Å². The van der Waals surface area contributed by atoms with Gasteiger partial charge in [-0.05, 0) is 51.1 Å². The molecule has 0 saturated heterocycles. The van der Waals surface area contributed by atoms with E-state index in [1.807, 2.05) is 42.5 Å². The van der Waals surface area contributed by atoms with E-state index in [1.165, 1.54) is 0 Å². The number of benzene rings is 2. The van der Waals surface area contributed by atoms with Crippen LogP contribution in [0, 0.1) is 0 Å². The van der Waals surface area contributed by atoms with Crippen molar-refractivity contribution in [2.45, 2.75) is 32.9 Å². The fraction of sp³-hybridized carbons (Fsp3) is 0.294. The molecule has 112 valence electrons. The van der Waals surface area contributed by atoms with Gasteiger partial charge in [0, 0.05) is 27.1 Å². The first-order chi connectivity index (χ1) is 9.83. The van der Waals surface area contributed by atoms with Crippen molar-refractivity contribution in [1.82, 2.24) is 5.32 Å². The molecule has 1 N–H and O–H groups in total. The molecule has 0 aliphatic rings. The van der Waals surface area contributed by atoms with Crippen molar-refractivity contribution < 1.29 is 4.74 Å². The lowest BCUT2D eigenvalue weighted by atomic mass is 10.1. The Morgan fingerprint density at radius 2 is 1.90 bits per heavy atom. The molecule has 2 nitrogen and oxygen atoms in total. The average Bonchev–Trinajstić information content (AvgIpc) is 2.36. The van der Waals surface area contributed by atoms with Crippen molar-refractivity contribution in [3.05, 3.63) is 57.5 Å². The first-order valence-electron chi connectivity index (χ1n) is 6.80. The summed E-state index contributed by atoms with van der Waals surface area (Å²) in [6, 6.07) is 13.5. The van der Waals surface area contributed by atoms with Gasteiger partial charge in [-0.1, -0.05) is 39.7 Å². The summed E-state index contributed by atoms with van der Waals surface area (Å²) in [6.07, 6.45) is 0. The maximum atomic E-state index is 6.09. The molecular formula is C17H19BrClNO. The van der Waals surface area contributed by atoms with Gasteiger partial charge in [0.25, 0.3) is 0 Å². The molecule has 0 amide bonds. The third kappa shape index (κ3) is 5.34. The van der Waals surface area contributed by atoms with E-state index in [0.29, 0.717) is 5.02 Å². The number of ether oxygens (including phenoxy) is 1. The predicted molar refractivity (Wildman–Crippen MR) is 92.3 cm³/mol. The van der Waals surface area contributed by atoms with E-state index in [1.54, 1.807) is 0 Å². The van der Waals surface area contributed by atoms with Gasteiger partial charge in [-0.25, -0.2) is 0 Å². The Balaban J connectivity index is 2.23. The quantitative estimate of drug-likeness (QED) is 0.738. The maximum Gasteiger partial charge on any atom is 0.133 e. The smallest absolute Gasteiger partial charge is 0.133 e. The topological polar surface area (TPSA) is 21.3 Å². The summed E-state index contributed by atoms with van der Waals surface area (Å²) in [5, 5.41) is 4.13. The van der Waals surface area contributed by atoms with Gasteiger partial charge in [0.15, 0.2) is 0 Å². The Labute approximate surface area is 139 Å². The van der Waals surface area contributed by atoms with Gasteiger partial charge in [0.05, 0.1) is 0 Å². The molecule has 4 heteroatoms. The number of hydrogen-bond donors (Lipinski definition) is 1. The van der Waals surface area contributed by atoms with Crippen LogP contribution in [0.25, 0.3) is 0 Å². The minimum atomic E-state index is 0.0483. The zero-order valence-electron chi connectivity index (χ0n) is 12.4. The van der Waals surface area contributed by atoms with Crippen LogP contribution in [0.3, 0.4) is 0 Å². The molecule has 0 aromatic heterocycles. The van der Waals surface area contributed by atoms with Crippen LogP contribution in [0.15, 0.2) is 46.9 Å². The van der Waals surface area contributed by atoms with Crippen LogP contribution in [-0.4, -0.2) is 5.54 Å². The highest BCUT2D eigenvalue weighted by molar-refractivity contribution is 9.10. The summed E-state index contributed by atoms with van der Waals surface area (Å²) in [7, 11) is 0. The van der Waals surface area contributed by atoms with Gasteiger partial charge in [-0.2, -0.15) is 0 Å². The van der Waals surface area contributed by atoms with E-state index in [4.69, 9.17) is 16.3 Å². The van der Waals surface area contributed by atoms with Crippen LogP contribution < -0.4 is 10.1 Å². The lowest BCUT2D eigenvalue weighted by Crippen LogP contribution is -2.35. The Morgan fingerprint density at radius 1 is 1.14 bits per heavy atom. The molecule has 0 spiro atoms. The highest BCUT2D eigenvalue weighted by Gasteiger charge is 2.12. The van der Waals surface area contributed by atoms with E-state index in [0.717, 1.165) is 28.1 Å². The molecule has 0 atom stereocenters. The van der Waals surface area contributed by atoms with Gasteiger partial charge in [0.2, 0.25) is 0 Å². The summed E-state index contributed by atoms with van der Waals surface area (Å²) in [4.78, 5) is 0. The monoisotopic (exact) mass is 367 g/mol. The molecule has 0 aliphatic carbocycles. The second-order valence-corrected chi connectivity index (χ2v) is 7.27. The largest absolute Gasteiger partial charge is 0.457 e. The molecule has 0 aliphatic heterocycles. The summed E-state index contributed by atoms with van der Waals surface area (Å²) in [5.41, 5.74) is 1.13. The third-order valence-electron chi connectivity index (χ3n) is 2.86. The molecule has 0 fully saturated rings. The number of halogens is 2. The fourth-order valence-electron chi connectivity index (χ4n) is 1.79. The van der Waals surface area contributed by atoms with E-state index in [9.17, 15) is 0 Å². The Kier molecular flexibility index (Phi) is 5.31. The lowest BCUT2D eigenvalue weighted by Gasteiger charge is -2.21. The van der Waals surface area contributed by atoms with Gasteiger partial charge in [-0.3, -0.25) is 0 Å². The van der Waals surface area contributed by atoms with Crippen LogP contribution in [0.4, 0.5) is 0 Å². The van der Waals surface area contributed by atoms with E-state index in [-0.39, 0.29) is 5.54 Å². The minimum Gasteiger partial charge on any atom is -0.457 e. The summed E-state index contributed by atoms with van der Waals surface area (Å²) < 4.78 is 6.96. The number of nitrogens with one attached hydrogen (secondary N) is 1. The molecule has 0 bridgehead atoms. The van der Waals surface area contributed by atoms with Crippen molar-refractivity contribution in [3.8, 4) is 11.5 Å². The second kappa shape index (κ2) is 6.82. The highest BCUT2D eigenvalue weighted by atomic mass is 79.9. The van der Waals surface area contributed by atoms with Crippen molar-refractivity contribution in [3.63, 3.8) is 0 Å². The lowest BCUT2D eigenvalue weighted by molar-refractivity contribution is 0.414. The van der Waals surface area contributed by atoms with Crippen molar-refractivity contribution >= 4 is 27.5 Å². The average molecular weight is 369 g/mol. The van der Waals surface area contributed by atoms with Crippen LogP contribution in [0.5, 0.6) is 11.5 Å².